The molecule has 114 valence electrons. The van der Waals surface area contributed by atoms with Crippen LogP contribution in [-0.4, -0.2) is 53.3 Å². The Labute approximate surface area is 122 Å². The van der Waals surface area contributed by atoms with Gasteiger partial charge in [-0.15, -0.1) is 0 Å². The Morgan fingerprint density at radius 2 is 2.30 bits per heavy atom. The molecule has 5 nitrogen and oxygen atoms in total. The fourth-order valence-electron chi connectivity index (χ4n) is 2.88. The predicted molar refractivity (Wildman–Crippen MR) is 80.8 cm³/mol. The number of imidazole rings is 1. The summed E-state index contributed by atoms with van der Waals surface area (Å²) in [6.07, 6.45) is 5.22. The first-order valence-corrected chi connectivity index (χ1v) is 7.71. The van der Waals surface area contributed by atoms with Gasteiger partial charge >= 0.3 is 0 Å². The van der Waals surface area contributed by atoms with Crippen molar-refractivity contribution in [3.05, 3.63) is 18.2 Å². The maximum absolute atomic E-state index is 6.01. The van der Waals surface area contributed by atoms with Crippen LogP contribution in [0.15, 0.2) is 12.4 Å². The minimum Gasteiger partial charge on any atom is -0.373 e. The molecule has 1 aliphatic rings. The highest BCUT2D eigenvalue weighted by atomic mass is 16.5. The molecule has 1 N–H and O–H groups in total. The molecular formula is C15H28N4O. The molecule has 2 atom stereocenters. The van der Waals surface area contributed by atoms with Crippen LogP contribution >= 0.6 is 0 Å². The van der Waals surface area contributed by atoms with Crippen LogP contribution in [0, 0.1) is 0 Å². The predicted octanol–water partition coefficient (Wildman–Crippen LogP) is 1.66. The summed E-state index contributed by atoms with van der Waals surface area (Å²) in [6, 6.07) is 0.715. The number of nitrogens with one attached hydrogen (secondary N) is 1. The van der Waals surface area contributed by atoms with Crippen molar-refractivity contribution in [1.82, 2.24) is 19.8 Å². The molecule has 2 heterocycles. The Hall–Kier alpha value is -0.910. The largest absolute Gasteiger partial charge is 0.373 e. The molecule has 1 aromatic rings. The van der Waals surface area contributed by atoms with Crippen LogP contribution in [0.4, 0.5) is 0 Å². The van der Waals surface area contributed by atoms with Gasteiger partial charge in [-0.3, -0.25) is 4.90 Å². The van der Waals surface area contributed by atoms with Crippen molar-refractivity contribution >= 4 is 0 Å². The van der Waals surface area contributed by atoms with Gasteiger partial charge < -0.3 is 14.6 Å². The molecule has 1 aromatic heterocycles. The average Bonchev–Trinajstić information content (AvgIpc) is 2.89. The number of nitrogens with zero attached hydrogens (tertiary/aromatic N) is 3. The second-order valence-corrected chi connectivity index (χ2v) is 5.74. The molecule has 0 aliphatic carbocycles. The number of hydrogen-bond donors (Lipinski definition) is 1. The van der Waals surface area contributed by atoms with Gasteiger partial charge in [-0.25, -0.2) is 4.98 Å². The molecule has 2 rings (SSSR count). The summed E-state index contributed by atoms with van der Waals surface area (Å²) in [4.78, 5) is 7.03. The summed E-state index contributed by atoms with van der Waals surface area (Å²) in [5, 5.41) is 3.40. The number of hydrogen-bond acceptors (Lipinski definition) is 4. The van der Waals surface area contributed by atoms with Crippen molar-refractivity contribution < 1.29 is 4.74 Å². The second kappa shape index (κ2) is 7.20. The topological polar surface area (TPSA) is 42.3 Å². The quantitative estimate of drug-likeness (QED) is 0.860. The third-order valence-electron chi connectivity index (χ3n) is 4.03. The van der Waals surface area contributed by atoms with E-state index in [1.165, 1.54) is 0 Å². The molecule has 1 fully saturated rings. The number of aromatic nitrogens is 2. The normalized spacial score (nSPS) is 22.4. The van der Waals surface area contributed by atoms with Crippen molar-refractivity contribution in [3.8, 4) is 0 Å². The van der Waals surface area contributed by atoms with E-state index >= 15 is 0 Å². The summed E-state index contributed by atoms with van der Waals surface area (Å²) in [6.45, 7) is 10.5. The molecule has 20 heavy (non-hydrogen) atoms. The lowest BCUT2D eigenvalue weighted by Crippen LogP contribution is -2.50. The smallest absolute Gasteiger partial charge is 0.128 e. The highest BCUT2D eigenvalue weighted by molar-refractivity contribution is 5.03. The van der Waals surface area contributed by atoms with E-state index in [2.05, 4.69) is 46.7 Å². The Balaban J connectivity index is 2.12. The lowest BCUT2D eigenvalue weighted by atomic mass is 10.1. The Morgan fingerprint density at radius 1 is 1.50 bits per heavy atom. The Kier molecular flexibility index (Phi) is 5.57. The molecule has 0 aromatic carbocycles. The maximum atomic E-state index is 6.01. The standard InChI is InChI=1S/C15H28N4O/c1-5-7-18-8-6-17-15(18)14(16-4)13-11-19(12(2)3)9-10-20-13/h6,8,12-14,16H,5,7,9-11H2,1-4H3. The molecule has 5 heteroatoms. The van der Waals surface area contributed by atoms with Crippen molar-refractivity contribution in [2.45, 2.75) is 51.9 Å². The molecule has 0 bridgehead atoms. The first kappa shape index (κ1) is 15.5. The third kappa shape index (κ3) is 3.40. The second-order valence-electron chi connectivity index (χ2n) is 5.74. The third-order valence-corrected chi connectivity index (χ3v) is 4.03. The molecule has 0 radical (unpaired) electrons. The van der Waals surface area contributed by atoms with E-state index in [1.54, 1.807) is 0 Å². The van der Waals surface area contributed by atoms with Crippen LogP contribution < -0.4 is 5.32 Å². The number of likely N-dealkylation sites (N-methyl/N-ethyl adjacent to an activating group) is 1. The van der Waals surface area contributed by atoms with Gasteiger partial charge in [0.2, 0.25) is 0 Å². The van der Waals surface area contributed by atoms with E-state index in [0.717, 1.165) is 38.5 Å². The van der Waals surface area contributed by atoms with Gasteiger partial charge in [0, 0.05) is 38.1 Å². The Morgan fingerprint density at radius 3 is 2.95 bits per heavy atom. The average molecular weight is 280 g/mol. The zero-order valence-corrected chi connectivity index (χ0v) is 13.2. The van der Waals surface area contributed by atoms with Gasteiger partial charge in [0.1, 0.15) is 5.82 Å². The van der Waals surface area contributed by atoms with Crippen LogP contribution in [0.3, 0.4) is 0 Å². The molecule has 1 aliphatic heterocycles. The fourth-order valence-corrected chi connectivity index (χ4v) is 2.88. The summed E-state index contributed by atoms with van der Waals surface area (Å²) < 4.78 is 8.25. The van der Waals surface area contributed by atoms with Crippen LogP contribution in [-0.2, 0) is 11.3 Å². The Bertz CT molecular complexity index is 404. The zero-order valence-electron chi connectivity index (χ0n) is 13.2. The van der Waals surface area contributed by atoms with Crippen LogP contribution in [0.25, 0.3) is 0 Å². The van der Waals surface area contributed by atoms with Crippen LogP contribution in [0.2, 0.25) is 0 Å². The van der Waals surface area contributed by atoms with E-state index in [-0.39, 0.29) is 12.1 Å². The molecule has 0 spiro atoms. The monoisotopic (exact) mass is 280 g/mol. The van der Waals surface area contributed by atoms with E-state index in [4.69, 9.17) is 4.74 Å². The maximum Gasteiger partial charge on any atom is 0.128 e. The van der Waals surface area contributed by atoms with Gasteiger partial charge in [-0.2, -0.15) is 0 Å². The van der Waals surface area contributed by atoms with Gasteiger partial charge in [-0.05, 0) is 27.3 Å². The summed E-state index contributed by atoms with van der Waals surface area (Å²) in [7, 11) is 1.99. The minimum atomic E-state index is 0.151. The van der Waals surface area contributed by atoms with Gasteiger partial charge in [-0.1, -0.05) is 6.92 Å². The van der Waals surface area contributed by atoms with Crippen molar-refractivity contribution in [2.24, 2.45) is 0 Å². The zero-order chi connectivity index (χ0) is 14.5. The van der Waals surface area contributed by atoms with E-state index in [1.807, 2.05) is 13.2 Å². The lowest BCUT2D eigenvalue weighted by Gasteiger charge is -2.38. The molecule has 0 saturated carbocycles. The highest BCUT2D eigenvalue weighted by Gasteiger charge is 2.31. The van der Waals surface area contributed by atoms with E-state index in [0.29, 0.717) is 6.04 Å². The van der Waals surface area contributed by atoms with Crippen molar-refractivity contribution in [1.29, 1.82) is 0 Å². The van der Waals surface area contributed by atoms with Crippen LogP contribution in [0.5, 0.6) is 0 Å². The number of ether oxygens (including phenoxy) is 1. The van der Waals surface area contributed by atoms with E-state index < -0.39 is 0 Å². The van der Waals surface area contributed by atoms with Crippen LogP contribution in [0.1, 0.15) is 39.1 Å². The fraction of sp³-hybridized carbons (Fsp3) is 0.800. The first-order valence-electron chi connectivity index (χ1n) is 7.71. The lowest BCUT2D eigenvalue weighted by molar-refractivity contribution is -0.0567. The van der Waals surface area contributed by atoms with Crippen molar-refractivity contribution in [3.63, 3.8) is 0 Å². The number of morpholine rings is 1. The number of aryl methyl sites for hydroxylation is 1. The molecule has 0 amide bonds. The summed E-state index contributed by atoms with van der Waals surface area (Å²) in [5.41, 5.74) is 0. The van der Waals surface area contributed by atoms with Gasteiger partial charge in [0.05, 0.1) is 18.8 Å². The summed E-state index contributed by atoms with van der Waals surface area (Å²) in [5.74, 6) is 1.09. The molecule has 1 saturated heterocycles. The van der Waals surface area contributed by atoms with E-state index in [9.17, 15) is 0 Å². The minimum absolute atomic E-state index is 0.151. The summed E-state index contributed by atoms with van der Waals surface area (Å²) >= 11 is 0. The first-order chi connectivity index (χ1) is 9.67. The van der Waals surface area contributed by atoms with Crippen molar-refractivity contribution in [2.75, 3.05) is 26.7 Å². The molecule has 2 unspecified atom stereocenters. The SMILES string of the molecule is CCCn1ccnc1C(NC)C1CN(C(C)C)CCO1. The highest BCUT2D eigenvalue weighted by Crippen LogP contribution is 2.22. The number of rotatable bonds is 6. The molecular weight excluding hydrogens is 252 g/mol. The van der Waals surface area contributed by atoms with Gasteiger partial charge in [0.25, 0.3) is 0 Å². The van der Waals surface area contributed by atoms with Gasteiger partial charge in [0.15, 0.2) is 0 Å².